The molecule has 0 atom stereocenters. The normalized spacial score (nSPS) is 10.5. The van der Waals surface area contributed by atoms with Crippen molar-refractivity contribution in [3.63, 3.8) is 0 Å². The Morgan fingerprint density at radius 2 is 2.09 bits per heavy atom. The zero-order valence-electron chi connectivity index (χ0n) is 12.7. The number of H-pyrrole nitrogens is 1. The molecule has 1 aromatic carbocycles. The van der Waals surface area contributed by atoms with Crippen LogP contribution in [0, 0.1) is 13.8 Å². The van der Waals surface area contributed by atoms with E-state index in [1.807, 2.05) is 25.3 Å². The molecule has 3 aromatic rings. The van der Waals surface area contributed by atoms with Gasteiger partial charge in [-0.2, -0.15) is 0 Å². The highest BCUT2D eigenvalue weighted by atomic mass is 32.1. The maximum Gasteiger partial charge on any atom is 0.263 e. The van der Waals surface area contributed by atoms with Crippen LogP contribution in [0.1, 0.15) is 21.5 Å². The average molecular weight is 325 g/mol. The summed E-state index contributed by atoms with van der Waals surface area (Å²) in [6, 6.07) is 9.26. The van der Waals surface area contributed by atoms with Gasteiger partial charge in [-0.3, -0.25) is 14.9 Å². The van der Waals surface area contributed by atoms with Gasteiger partial charge >= 0.3 is 0 Å². The second-order valence-corrected chi connectivity index (χ2v) is 6.08. The number of pyridine rings is 1. The fraction of sp³-hybridized carbons (Fsp3) is 0.118. The zero-order chi connectivity index (χ0) is 16.4. The topological polar surface area (TPSA) is 74.8 Å². The van der Waals surface area contributed by atoms with Crippen molar-refractivity contribution < 1.29 is 4.79 Å². The van der Waals surface area contributed by atoms with Gasteiger partial charge in [-0.05, 0) is 37.6 Å². The molecule has 0 spiro atoms. The van der Waals surface area contributed by atoms with Gasteiger partial charge in [-0.1, -0.05) is 17.7 Å². The molecular formula is C17H15N3O2S. The zero-order valence-corrected chi connectivity index (χ0v) is 13.5. The van der Waals surface area contributed by atoms with Crippen LogP contribution in [0.15, 0.2) is 46.7 Å². The summed E-state index contributed by atoms with van der Waals surface area (Å²) in [6.45, 7) is 4.05. The molecule has 2 heterocycles. The Bertz CT molecular complexity index is 927. The number of carbonyl (C=O) groups excluding carboxylic acids is 1. The van der Waals surface area contributed by atoms with Crippen LogP contribution < -0.4 is 10.9 Å². The molecule has 0 aliphatic heterocycles. The van der Waals surface area contributed by atoms with E-state index in [-0.39, 0.29) is 5.56 Å². The number of hydrogen-bond acceptors (Lipinski definition) is 4. The predicted molar refractivity (Wildman–Crippen MR) is 92.0 cm³/mol. The summed E-state index contributed by atoms with van der Waals surface area (Å²) >= 11 is 1.33. The first kappa shape index (κ1) is 15.2. The molecule has 0 aliphatic carbocycles. The second-order valence-electron chi connectivity index (χ2n) is 5.22. The highest BCUT2D eigenvalue weighted by molar-refractivity contribution is 7.14. The van der Waals surface area contributed by atoms with Crippen molar-refractivity contribution in [1.82, 2.24) is 9.97 Å². The summed E-state index contributed by atoms with van der Waals surface area (Å²) in [4.78, 5) is 30.7. The summed E-state index contributed by atoms with van der Waals surface area (Å²) in [5.74, 6) is -0.464. The van der Waals surface area contributed by atoms with Crippen molar-refractivity contribution in [2.24, 2.45) is 0 Å². The Labute approximate surface area is 137 Å². The summed E-state index contributed by atoms with van der Waals surface area (Å²) in [5.41, 5.74) is 3.78. The van der Waals surface area contributed by atoms with Crippen molar-refractivity contribution in [1.29, 1.82) is 0 Å². The molecule has 23 heavy (non-hydrogen) atoms. The van der Waals surface area contributed by atoms with Crippen molar-refractivity contribution in [3.05, 3.63) is 69.0 Å². The molecule has 2 aromatic heterocycles. The molecule has 2 N–H and O–H groups in total. The number of rotatable bonds is 3. The summed E-state index contributed by atoms with van der Waals surface area (Å²) < 4.78 is 0. The van der Waals surface area contributed by atoms with Crippen LogP contribution in [0.5, 0.6) is 0 Å². The van der Waals surface area contributed by atoms with Gasteiger partial charge in [0.1, 0.15) is 5.56 Å². The highest BCUT2D eigenvalue weighted by Gasteiger charge is 2.13. The van der Waals surface area contributed by atoms with Crippen molar-refractivity contribution in [2.75, 3.05) is 5.32 Å². The quantitative estimate of drug-likeness (QED) is 0.775. The summed E-state index contributed by atoms with van der Waals surface area (Å²) in [6.07, 6.45) is 1.49. The molecule has 0 unspecified atom stereocenters. The van der Waals surface area contributed by atoms with Crippen molar-refractivity contribution >= 4 is 22.4 Å². The molecule has 0 fully saturated rings. The van der Waals surface area contributed by atoms with Gasteiger partial charge < -0.3 is 4.98 Å². The molecule has 1 amide bonds. The van der Waals surface area contributed by atoms with Gasteiger partial charge in [0.25, 0.3) is 11.5 Å². The lowest BCUT2D eigenvalue weighted by atomic mass is 10.0. The molecule has 0 radical (unpaired) electrons. The van der Waals surface area contributed by atoms with E-state index in [2.05, 4.69) is 27.4 Å². The van der Waals surface area contributed by atoms with Gasteiger partial charge in [0.05, 0.1) is 5.69 Å². The Kier molecular flexibility index (Phi) is 4.08. The molecule has 0 saturated heterocycles. The third-order valence-electron chi connectivity index (χ3n) is 3.46. The SMILES string of the molecule is Cc1ccc(C)c(-c2csc(NC(=O)c3ccc[nH]c3=O)n2)c1. The molecule has 6 heteroatoms. The first-order valence-electron chi connectivity index (χ1n) is 7.07. The van der Waals surface area contributed by atoms with E-state index >= 15 is 0 Å². The molecular weight excluding hydrogens is 310 g/mol. The number of amides is 1. The first-order valence-corrected chi connectivity index (χ1v) is 7.95. The Morgan fingerprint density at radius 3 is 2.87 bits per heavy atom. The minimum atomic E-state index is -0.464. The van der Waals surface area contributed by atoms with Crippen LogP contribution in [0.3, 0.4) is 0 Å². The van der Waals surface area contributed by atoms with E-state index in [0.29, 0.717) is 5.13 Å². The van der Waals surface area contributed by atoms with Gasteiger partial charge in [0.2, 0.25) is 0 Å². The van der Waals surface area contributed by atoms with Gasteiger partial charge in [-0.25, -0.2) is 4.98 Å². The number of aryl methyl sites for hydroxylation is 2. The van der Waals surface area contributed by atoms with E-state index < -0.39 is 11.5 Å². The maximum absolute atomic E-state index is 12.1. The standard InChI is InChI=1S/C17H15N3O2S/c1-10-5-6-11(2)13(8-10)14-9-23-17(19-14)20-16(22)12-4-3-7-18-15(12)21/h3-9H,1-2H3,(H,18,21)(H,19,20,22). The van der Waals surface area contributed by atoms with E-state index in [0.717, 1.165) is 22.4 Å². The number of thiazole rings is 1. The van der Waals surface area contributed by atoms with Gasteiger partial charge in [-0.15, -0.1) is 11.3 Å². The number of anilines is 1. The Balaban J connectivity index is 1.85. The number of aromatic nitrogens is 2. The molecule has 5 nitrogen and oxygen atoms in total. The van der Waals surface area contributed by atoms with Crippen LogP contribution >= 0.6 is 11.3 Å². The minimum absolute atomic E-state index is 0.0657. The number of nitrogens with zero attached hydrogens (tertiary/aromatic N) is 1. The van der Waals surface area contributed by atoms with Crippen molar-refractivity contribution in [2.45, 2.75) is 13.8 Å². The smallest absolute Gasteiger partial charge is 0.263 e. The third-order valence-corrected chi connectivity index (χ3v) is 4.21. The third kappa shape index (κ3) is 3.22. The van der Waals surface area contributed by atoms with Crippen LogP contribution in [0.4, 0.5) is 5.13 Å². The number of benzene rings is 1. The average Bonchev–Trinajstić information content (AvgIpc) is 2.98. The lowest BCUT2D eigenvalue weighted by molar-refractivity contribution is 0.102. The lowest BCUT2D eigenvalue weighted by Gasteiger charge is -2.04. The molecule has 3 rings (SSSR count). The number of hydrogen-bond donors (Lipinski definition) is 2. The number of aromatic amines is 1. The minimum Gasteiger partial charge on any atom is -0.328 e. The monoisotopic (exact) mass is 325 g/mol. The Morgan fingerprint density at radius 1 is 1.26 bits per heavy atom. The van der Waals surface area contributed by atoms with Crippen LogP contribution in [0.2, 0.25) is 0 Å². The molecule has 0 bridgehead atoms. The predicted octanol–water partition coefficient (Wildman–Crippen LogP) is 3.37. The van der Waals surface area contributed by atoms with Gasteiger partial charge in [0, 0.05) is 17.1 Å². The fourth-order valence-corrected chi connectivity index (χ4v) is 2.94. The molecule has 0 saturated carbocycles. The number of nitrogens with one attached hydrogen (secondary N) is 2. The number of carbonyl (C=O) groups is 1. The van der Waals surface area contributed by atoms with Crippen LogP contribution in [-0.4, -0.2) is 15.9 Å². The van der Waals surface area contributed by atoms with Crippen LogP contribution in [0.25, 0.3) is 11.3 Å². The van der Waals surface area contributed by atoms with E-state index in [1.165, 1.54) is 23.6 Å². The Hall–Kier alpha value is -2.73. The van der Waals surface area contributed by atoms with E-state index in [4.69, 9.17) is 0 Å². The second kappa shape index (κ2) is 6.18. The largest absolute Gasteiger partial charge is 0.328 e. The van der Waals surface area contributed by atoms with Gasteiger partial charge in [0.15, 0.2) is 5.13 Å². The molecule has 0 aliphatic rings. The fourth-order valence-electron chi connectivity index (χ4n) is 2.23. The summed E-state index contributed by atoms with van der Waals surface area (Å²) in [5, 5.41) is 5.03. The van der Waals surface area contributed by atoms with Crippen LogP contribution in [-0.2, 0) is 0 Å². The van der Waals surface area contributed by atoms with E-state index in [1.54, 1.807) is 6.07 Å². The first-order chi connectivity index (χ1) is 11.0. The summed E-state index contributed by atoms with van der Waals surface area (Å²) in [7, 11) is 0. The van der Waals surface area contributed by atoms with E-state index in [9.17, 15) is 9.59 Å². The maximum atomic E-state index is 12.1. The molecule has 116 valence electrons. The van der Waals surface area contributed by atoms with Crippen molar-refractivity contribution in [3.8, 4) is 11.3 Å². The highest BCUT2D eigenvalue weighted by Crippen LogP contribution is 2.28. The lowest BCUT2D eigenvalue weighted by Crippen LogP contribution is -2.22.